The molecule has 0 aromatic heterocycles. The molecule has 1 aliphatic carbocycles. The van der Waals surface area contributed by atoms with E-state index in [1.807, 2.05) is 0 Å². The van der Waals surface area contributed by atoms with Gasteiger partial charge in [0.25, 0.3) is 0 Å². The normalized spacial score (nSPS) is 34.2. The van der Waals surface area contributed by atoms with Crippen LogP contribution in [0.15, 0.2) is 24.3 Å². The zero-order valence-corrected chi connectivity index (χ0v) is 8.07. The van der Waals surface area contributed by atoms with Crippen molar-refractivity contribution >= 4 is 0 Å². The van der Waals surface area contributed by atoms with Gasteiger partial charge in [0.15, 0.2) is 0 Å². The van der Waals surface area contributed by atoms with Crippen LogP contribution in [0.1, 0.15) is 17.5 Å². The van der Waals surface area contributed by atoms with Crippen LogP contribution in [0.25, 0.3) is 0 Å². The topological polar surface area (TPSA) is 29.5 Å². The highest BCUT2D eigenvalue weighted by Gasteiger charge is 2.56. The van der Waals surface area contributed by atoms with Crippen LogP contribution >= 0.6 is 0 Å². The van der Waals surface area contributed by atoms with E-state index in [2.05, 4.69) is 24.3 Å². The average Bonchev–Trinajstić information content (AvgIpc) is 2.94. The van der Waals surface area contributed by atoms with Crippen molar-refractivity contribution in [2.75, 3.05) is 13.2 Å². The molecule has 1 aliphatic heterocycles. The summed E-state index contributed by atoms with van der Waals surface area (Å²) in [6.45, 7) is 1.81. The Bertz CT molecular complexity index is 361. The first-order chi connectivity index (χ1) is 6.87. The lowest BCUT2D eigenvalue weighted by atomic mass is 9.88. The number of rotatable bonds is 1. The SMILES string of the molecule is OCC1CC12COCc1ccccc12. The molecule has 14 heavy (non-hydrogen) atoms. The first kappa shape index (κ1) is 8.45. The lowest BCUT2D eigenvalue weighted by Crippen LogP contribution is -2.26. The maximum atomic E-state index is 9.19. The number of benzene rings is 1. The second-order valence-electron chi connectivity index (χ2n) is 4.39. The molecule has 2 aliphatic rings. The molecule has 0 amide bonds. The molecule has 0 radical (unpaired) electrons. The van der Waals surface area contributed by atoms with E-state index in [1.165, 1.54) is 11.1 Å². The summed E-state index contributed by atoms with van der Waals surface area (Å²) in [7, 11) is 0. The molecule has 0 bridgehead atoms. The molecule has 1 saturated carbocycles. The minimum Gasteiger partial charge on any atom is -0.396 e. The van der Waals surface area contributed by atoms with Crippen LogP contribution in [-0.2, 0) is 16.8 Å². The molecule has 1 aromatic rings. The van der Waals surface area contributed by atoms with E-state index in [9.17, 15) is 5.11 Å². The van der Waals surface area contributed by atoms with Gasteiger partial charge in [-0.15, -0.1) is 0 Å². The Morgan fingerprint density at radius 1 is 1.43 bits per heavy atom. The fraction of sp³-hybridized carbons (Fsp3) is 0.500. The van der Waals surface area contributed by atoms with Crippen LogP contribution in [0.4, 0.5) is 0 Å². The van der Waals surface area contributed by atoms with E-state index in [0.29, 0.717) is 5.92 Å². The highest BCUT2D eigenvalue weighted by molar-refractivity contribution is 5.41. The molecule has 3 rings (SSSR count). The van der Waals surface area contributed by atoms with Crippen LogP contribution in [0.2, 0.25) is 0 Å². The number of aliphatic hydroxyl groups is 1. The van der Waals surface area contributed by atoms with Crippen molar-refractivity contribution in [3.63, 3.8) is 0 Å². The van der Waals surface area contributed by atoms with E-state index < -0.39 is 0 Å². The monoisotopic (exact) mass is 190 g/mol. The van der Waals surface area contributed by atoms with Gasteiger partial charge in [0.2, 0.25) is 0 Å². The molecule has 1 aromatic carbocycles. The van der Waals surface area contributed by atoms with Crippen molar-refractivity contribution in [2.45, 2.75) is 18.4 Å². The molecular formula is C12H14O2. The molecule has 1 fully saturated rings. The summed E-state index contributed by atoms with van der Waals surface area (Å²) < 4.78 is 5.59. The zero-order chi connectivity index (χ0) is 9.60. The summed E-state index contributed by atoms with van der Waals surface area (Å²) in [5, 5.41) is 9.19. The van der Waals surface area contributed by atoms with Crippen molar-refractivity contribution in [3.05, 3.63) is 35.4 Å². The van der Waals surface area contributed by atoms with E-state index in [4.69, 9.17) is 4.74 Å². The summed E-state index contributed by atoms with van der Waals surface area (Å²) >= 11 is 0. The smallest absolute Gasteiger partial charge is 0.0720 e. The zero-order valence-electron chi connectivity index (χ0n) is 8.07. The van der Waals surface area contributed by atoms with Crippen LogP contribution in [0.3, 0.4) is 0 Å². The van der Waals surface area contributed by atoms with Gasteiger partial charge in [0.05, 0.1) is 13.2 Å². The van der Waals surface area contributed by atoms with E-state index in [1.54, 1.807) is 0 Å². The highest BCUT2D eigenvalue weighted by atomic mass is 16.5. The molecule has 1 spiro atoms. The average molecular weight is 190 g/mol. The number of aliphatic hydroxyl groups excluding tert-OH is 1. The number of hydrogen-bond donors (Lipinski definition) is 1. The molecule has 2 heteroatoms. The minimum atomic E-state index is 0.156. The van der Waals surface area contributed by atoms with Gasteiger partial charge in [-0.1, -0.05) is 24.3 Å². The summed E-state index contributed by atoms with van der Waals surface area (Å²) in [5.74, 6) is 0.420. The fourth-order valence-corrected chi connectivity index (χ4v) is 2.68. The maximum absolute atomic E-state index is 9.19. The largest absolute Gasteiger partial charge is 0.396 e. The third-order valence-corrected chi connectivity index (χ3v) is 3.62. The predicted molar refractivity (Wildman–Crippen MR) is 53.0 cm³/mol. The number of ether oxygens (including phenoxy) is 1. The van der Waals surface area contributed by atoms with Crippen LogP contribution < -0.4 is 0 Å². The van der Waals surface area contributed by atoms with Gasteiger partial charge >= 0.3 is 0 Å². The van der Waals surface area contributed by atoms with Crippen molar-refractivity contribution < 1.29 is 9.84 Å². The summed E-state index contributed by atoms with van der Waals surface area (Å²) in [4.78, 5) is 0. The van der Waals surface area contributed by atoms with Crippen LogP contribution in [0, 0.1) is 5.92 Å². The first-order valence-electron chi connectivity index (χ1n) is 5.14. The molecule has 0 saturated heterocycles. The van der Waals surface area contributed by atoms with Gasteiger partial charge in [-0.3, -0.25) is 0 Å². The van der Waals surface area contributed by atoms with Crippen LogP contribution in [0.5, 0.6) is 0 Å². The minimum absolute atomic E-state index is 0.156. The molecular weight excluding hydrogens is 176 g/mol. The van der Waals surface area contributed by atoms with Gasteiger partial charge in [-0.25, -0.2) is 0 Å². The molecule has 74 valence electrons. The lowest BCUT2D eigenvalue weighted by molar-refractivity contribution is 0.0750. The Morgan fingerprint density at radius 3 is 3.07 bits per heavy atom. The molecule has 1 N–H and O–H groups in total. The molecule has 2 atom stereocenters. The Kier molecular flexibility index (Phi) is 1.70. The second kappa shape index (κ2) is 2.81. The fourth-order valence-electron chi connectivity index (χ4n) is 2.68. The first-order valence-corrected chi connectivity index (χ1v) is 5.14. The highest BCUT2D eigenvalue weighted by Crippen LogP contribution is 2.56. The Labute approximate surface area is 83.5 Å². The predicted octanol–water partition coefficient (Wildman–Crippen LogP) is 1.47. The second-order valence-corrected chi connectivity index (χ2v) is 4.39. The number of hydrogen-bond acceptors (Lipinski definition) is 2. The van der Waals surface area contributed by atoms with E-state index >= 15 is 0 Å². The maximum Gasteiger partial charge on any atom is 0.0720 e. The van der Waals surface area contributed by atoms with Gasteiger partial charge in [0, 0.05) is 12.0 Å². The van der Waals surface area contributed by atoms with E-state index in [-0.39, 0.29) is 12.0 Å². The summed E-state index contributed by atoms with van der Waals surface area (Å²) in [6.07, 6.45) is 1.08. The number of fused-ring (bicyclic) bond motifs is 2. The third-order valence-electron chi connectivity index (χ3n) is 3.62. The quantitative estimate of drug-likeness (QED) is 0.726. The van der Waals surface area contributed by atoms with Gasteiger partial charge in [-0.05, 0) is 23.5 Å². The van der Waals surface area contributed by atoms with E-state index in [0.717, 1.165) is 19.6 Å². The third kappa shape index (κ3) is 0.983. The summed E-state index contributed by atoms with van der Waals surface area (Å²) in [5.41, 5.74) is 2.86. The van der Waals surface area contributed by atoms with Gasteiger partial charge in [0.1, 0.15) is 0 Å². The standard InChI is InChI=1S/C12H14O2/c13-6-10-5-12(10)8-14-7-9-3-1-2-4-11(9)12/h1-4,10,13H,5-8H2. The van der Waals surface area contributed by atoms with Crippen LogP contribution in [-0.4, -0.2) is 18.3 Å². The van der Waals surface area contributed by atoms with Gasteiger partial charge in [-0.2, -0.15) is 0 Å². The Morgan fingerprint density at radius 2 is 2.29 bits per heavy atom. The lowest BCUT2D eigenvalue weighted by Gasteiger charge is -2.26. The Balaban J connectivity index is 2.05. The van der Waals surface area contributed by atoms with Crippen molar-refractivity contribution in [1.29, 1.82) is 0 Å². The van der Waals surface area contributed by atoms with Gasteiger partial charge < -0.3 is 9.84 Å². The summed E-state index contributed by atoms with van der Waals surface area (Å²) in [6, 6.07) is 8.45. The van der Waals surface area contributed by atoms with Crippen molar-refractivity contribution in [2.24, 2.45) is 5.92 Å². The molecule has 2 nitrogen and oxygen atoms in total. The Hall–Kier alpha value is -0.860. The molecule has 1 heterocycles. The van der Waals surface area contributed by atoms with Crippen molar-refractivity contribution in [3.8, 4) is 0 Å². The molecule has 2 unspecified atom stereocenters. The van der Waals surface area contributed by atoms with Crippen molar-refractivity contribution in [1.82, 2.24) is 0 Å².